The molecule has 0 aliphatic carbocycles. The summed E-state index contributed by atoms with van der Waals surface area (Å²) in [5.74, 6) is 0.230. The lowest BCUT2D eigenvalue weighted by Gasteiger charge is -2.34. The average molecular weight is 376 g/mol. The van der Waals surface area contributed by atoms with Crippen molar-refractivity contribution in [3.63, 3.8) is 0 Å². The van der Waals surface area contributed by atoms with Gasteiger partial charge in [0.25, 0.3) is 0 Å². The molecule has 2 heterocycles. The molecular weight excluding hydrogens is 358 g/mol. The van der Waals surface area contributed by atoms with E-state index in [-0.39, 0.29) is 18.1 Å². The van der Waals surface area contributed by atoms with Crippen molar-refractivity contribution in [1.82, 2.24) is 9.88 Å². The fourth-order valence-corrected chi connectivity index (χ4v) is 3.03. The molecule has 1 aliphatic heterocycles. The number of para-hydroxylation sites is 1. The molecule has 1 saturated heterocycles. The molecule has 0 bridgehead atoms. The maximum absolute atomic E-state index is 12.2. The lowest BCUT2D eigenvalue weighted by atomic mass is 10.2. The van der Waals surface area contributed by atoms with Crippen LogP contribution < -0.4 is 10.2 Å². The van der Waals surface area contributed by atoms with Gasteiger partial charge in [0.15, 0.2) is 0 Å². The molecule has 9 heteroatoms. The van der Waals surface area contributed by atoms with Gasteiger partial charge in [-0.3, -0.25) is 19.8 Å². The van der Waals surface area contributed by atoms with Crippen molar-refractivity contribution in [2.45, 2.75) is 0 Å². The minimum atomic E-state index is -0.425. The Bertz CT molecular complexity index is 808. The molecule has 136 valence electrons. The first-order valence-electron chi connectivity index (χ1n) is 8.15. The number of hydrogen-bond acceptors (Lipinski definition) is 6. The van der Waals surface area contributed by atoms with Crippen LogP contribution in [0.3, 0.4) is 0 Å². The Morgan fingerprint density at radius 3 is 2.62 bits per heavy atom. The highest BCUT2D eigenvalue weighted by Gasteiger charge is 2.25. The molecule has 26 heavy (non-hydrogen) atoms. The van der Waals surface area contributed by atoms with E-state index < -0.39 is 4.92 Å². The molecule has 1 fully saturated rings. The fraction of sp³-hybridized carbons (Fsp3) is 0.294. The van der Waals surface area contributed by atoms with Crippen LogP contribution in [0.4, 0.5) is 17.2 Å². The normalized spacial score (nSPS) is 14.9. The van der Waals surface area contributed by atoms with Gasteiger partial charge in [-0.05, 0) is 18.2 Å². The van der Waals surface area contributed by atoms with E-state index >= 15 is 0 Å². The van der Waals surface area contributed by atoms with E-state index in [0.29, 0.717) is 42.7 Å². The standard InChI is InChI=1S/C17H18ClN5O3/c18-13-4-1-2-5-14(13)20-16(24)12-21-8-10-22(11-9-21)17-15(23(25)26)6-3-7-19-17/h1-7H,8-12H2,(H,20,24). The monoisotopic (exact) mass is 375 g/mol. The molecule has 1 aliphatic rings. The van der Waals surface area contributed by atoms with Crippen molar-refractivity contribution in [2.75, 3.05) is 42.9 Å². The third-order valence-electron chi connectivity index (χ3n) is 4.15. The number of nitrogens with one attached hydrogen (secondary N) is 1. The minimum absolute atomic E-state index is 0.00240. The summed E-state index contributed by atoms with van der Waals surface area (Å²) in [4.78, 5) is 30.9. The summed E-state index contributed by atoms with van der Waals surface area (Å²) in [5, 5.41) is 14.4. The summed E-state index contributed by atoms with van der Waals surface area (Å²) in [5.41, 5.74) is 0.583. The van der Waals surface area contributed by atoms with E-state index in [1.54, 1.807) is 36.5 Å². The first-order valence-corrected chi connectivity index (χ1v) is 8.53. The number of piperazine rings is 1. The predicted molar refractivity (Wildman–Crippen MR) is 99.6 cm³/mol. The number of pyridine rings is 1. The Hall–Kier alpha value is -2.71. The van der Waals surface area contributed by atoms with Gasteiger partial charge in [-0.15, -0.1) is 0 Å². The number of benzene rings is 1. The molecule has 0 saturated carbocycles. The van der Waals surface area contributed by atoms with Crippen LogP contribution in [-0.2, 0) is 4.79 Å². The van der Waals surface area contributed by atoms with Crippen LogP contribution >= 0.6 is 11.6 Å². The minimum Gasteiger partial charge on any atom is -0.348 e. The number of anilines is 2. The first-order chi connectivity index (χ1) is 12.5. The van der Waals surface area contributed by atoms with E-state index in [0.717, 1.165) is 0 Å². The SMILES string of the molecule is O=C(CN1CCN(c2ncccc2[N+](=O)[O-])CC1)Nc1ccccc1Cl. The molecule has 0 atom stereocenters. The number of hydrogen-bond donors (Lipinski definition) is 1. The van der Waals surface area contributed by atoms with Crippen LogP contribution in [0.5, 0.6) is 0 Å². The highest BCUT2D eigenvalue weighted by Crippen LogP contribution is 2.25. The second-order valence-electron chi connectivity index (χ2n) is 5.89. The highest BCUT2D eigenvalue weighted by molar-refractivity contribution is 6.33. The second kappa shape index (κ2) is 8.11. The van der Waals surface area contributed by atoms with E-state index in [1.807, 2.05) is 9.80 Å². The van der Waals surface area contributed by atoms with Gasteiger partial charge < -0.3 is 10.2 Å². The van der Waals surface area contributed by atoms with E-state index in [9.17, 15) is 14.9 Å². The zero-order valence-electron chi connectivity index (χ0n) is 14.0. The van der Waals surface area contributed by atoms with E-state index in [1.165, 1.54) is 6.07 Å². The Morgan fingerprint density at radius 1 is 1.19 bits per heavy atom. The highest BCUT2D eigenvalue weighted by atomic mass is 35.5. The number of halogens is 1. The Labute approximate surface area is 155 Å². The molecule has 1 aromatic heterocycles. The number of amides is 1. The molecule has 8 nitrogen and oxygen atoms in total. The quantitative estimate of drug-likeness (QED) is 0.637. The van der Waals surface area contributed by atoms with Crippen LogP contribution in [0.15, 0.2) is 42.6 Å². The van der Waals surface area contributed by atoms with Crippen molar-refractivity contribution >= 4 is 34.7 Å². The third-order valence-corrected chi connectivity index (χ3v) is 4.48. The van der Waals surface area contributed by atoms with Crippen LogP contribution in [-0.4, -0.2) is 53.4 Å². The summed E-state index contributed by atoms with van der Waals surface area (Å²) >= 11 is 6.04. The molecule has 1 aromatic carbocycles. The van der Waals surface area contributed by atoms with Crippen molar-refractivity contribution < 1.29 is 9.72 Å². The van der Waals surface area contributed by atoms with Crippen molar-refractivity contribution in [1.29, 1.82) is 0 Å². The van der Waals surface area contributed by atoms with Gasteiger partial charge in [0.1, 0.15) is 0 Å². The van der Waals surface area contributed by atoms with Crippen LogP contribution in [0, 0.1) is 10.1 Å². The summed E-state index contributed by atoms with van der Waals surface area (Å²) < 4.78 is 0. The van der Waals surface area contributed by atoms with Gasteiger partial charge in [-0.2, -0.15) is 0 Å². The number of aromatic nitrogens is 1. The summed E-state index contributed by atoms with van der Waals surface area (Å²) in [6.45, 7) is 2.60. The van der Waals surface area contributed by atoms with Crippen molar-refractivity contribution in [3.05, 3.63) is 57.7 Å². The number of carbonyl (C=O) groups excluding carboxylic acids is 1. The smallest absolute Gasteiger partial charge is 0.311 e. The molecule has 0 unspecified atom stereocenters. The van der Waals surface area contributed by atoms with Crippen molar-refractivity contribution in [3.8, 4) is 0 Å². The zero-order chi connectivity index (χ0) is 18.5. The summed E-state index contributed by atoms with van der Waals surface area (Å²) in [7, 11) is 0. The number of nitro groups is 1. The van der Waals surface area contributed by atoms with E-state index in [2.05, 4.69) is 10.3 Å². The van der Waals surface area contributed by atoms with Gasteiger partial charge in [0, 0.05) is 38.4 Å². The van der Waals surface area contributed by atoms with Gasteiger partial charge in [0.2, 0.25) is 11.7 Å². The Morgan fingerprint density at radius 2 is 1.92 bits per heavy atom. The van der Waals surface area contributed by atoms with Crippen LogP contribution in [0.2, 0.25) is 5.02 Å². The Kier molecular flexibility index (Phi) is 5.65. The molecule has 3 rings (SSSR count). The average Bonchev–Trinajstić information content (AvgIpc) is 2.64. The van der Waals surface area contributed by atoms with Crippen molar-refractivity contribution in [2.24, 2.45) is 0 Å². The second-order valence-corrected chi connectivity index (χ2v) is 6.30. The summed E-state index contributed by atoms with van der Waals surface area (Å²) in [6, 6.07) is 10.1. The zero-order valence-corrected chi connectivity index (χ0v) is 14.7. The molecule has 2 aromatic rings. The van der Waals surface area contributed by atoms with Gasteiger partial charge in [-0.1, -0.05) is 23.7 Å². The number of rotatable bonds is 5. The predicted octanol–water partition coefficient (Wildman–Crippen LogP) is 2.40. The third kappa shape index (κ3) is 4.27. The summed E-state index contributed by atoms with van der Waals surface area (Å²) in [6.07, 6.45) is 1.55. The molecule has 1 N–H and O–H groups in total. The Balaban J connectivity index is 1.55. The van der Waals surface area contributed by atoms with Gasteiger partial charge in [-0.25, -0.2) is 4.98 Å². The lowest BCUT2D eigenvalue weighted by molar-refractivity contribution is -0.384. The molecular formula is C17H18ClN5O3. The maximum atomic E-state index is 12.2. The van der Waals surface area contributed by atoms with Crippen LogP contribution in [0.1, 0.15) is 0 Å². The largest absolute Gasteiger partial charge is 0.348 e. The van der Waals surface area contributed by atoms with Gasteiger partial charge >= 0.3 is 5.69 Å². The fourth-order valence-electron chi connectivity index (χ4n) is 2.85. The maximum Gasteiger partial charge on any atom is 0.311 e. The lowest BCUT2D eigenvalue weighted by Crippen LogP contribution is -2.49. The topological polar surface area (TPSA) is 91.6 Å². The first kappa shape index (κ1) is 18.1. The van der Waals surface area contributed by atoms with Gasteiger partial charge in [0.05, 0.1) is 22.2 Å². The van der Waals surface area contributed by atoms with E-state index in [4.69, 9.17) is 11.6 Å². The molecule has 0 radical (unpaired) electrons. The molecule has 1 amide bonds. The molecule has 0 spiro atoms. The number of nitrogens with zero attached hydrogens (tertiary/aromatic N) is 4. The van der Waals surface area contributed by atoms with Crippen LogP contribution in [0.25, 0.3) is 0 Å². The number of carbonyl (C=O) groups is 1.